The number of nitrogens with zero attached hydrogens (tertiary/aromatic N) is 1. The highest BCUT2D eigenvalue weighted by Crippen LogP contribution is 2.27. The summed E-state index contributed by atoms with van der Waals surface area (Å²) in [5.74, 6) is -1.87. The van der Waals surface area contributed by atoms with Gasteiger partial charge in [-0.05, 0) is 12.1 Å². The van der Waals surface area contributed by atoms with Crippen molar-refractivity contribution in [3.63, 3.8) is 0 Å². The van der Waals surface area contributed by atoms with Crippen LogP contribution in [0, 0.1) is 15.9 Å². The predicted octanol–water partition coefficient (Wildman–Crippen LogP) is 1.75. The Balaban J connectivity index is 3.46. The summed E-state index contributed by atoms with van der Waals surface area (Å²) in [7, 11) is -3.92. The van der Waals surface area contributed by atoms with Gasteiger partial charge < -0.3 is 0 Å². The van der Waals surface area contributed by atoms with E-state index < -0.39 is 36.9 Å². The monoisotopic (exact) mass is 267 g/mol. The number of hydrogen-bond donors (Lipinski definition) is 0. The normalized spacial score (nSPS) is 11.4. The first kappa shape index (κ1) is 12.9. The average Bonchev–Trinajstić information content (AvgIpc) is 2.16. The van der Waals surface area contributed by atoms with Crippen molar-refractivity contribution in [1.82, 2.24) is 0 Å². The van der Waals surface area contributed by atoms with Gasteiger partial charge in [0.15, 0.2) is 9.84 Å². The van der Waals surface area contributed by atoms with E-state index in [0.717, 1.165) is 18.2 Å². The third-order valence-electron chi connectivity index (χ3n) is 1.81. The van der Waals surface area contributed by atoms with Gasteiger partial charge in [-0.15, -0.1) is 11.6 Å². The quantitative estimate of drug-likeness (QED) is 0.473. The van der Waals surface area contributed by atoms with Crippen LogP contribution in [-0.4, -0.2) is 25.0 Å². The minimum absolute atomic E-state index is 0.212. The summed E-state index contributed by atoms with van der Waals surface area (Å²) in [5.41, 5.74) is -1.03. The maximum atomic E-state index is 13.1. The molecule has 0 unspecified atom stereocenters. The lowest BCUT2D eigenvalue weighted by atomic mass is 10.3. The summed E-state index contributed by atoms with van der Waals surface area (Å²) < 4.78 is 36.2. The second-order valence-electron chi connectivity index (χ2n) is 2.85. The van der Waals surface area contributed by atoms with E-state index in [2.05, 4.69) is 0 Å². The molecule has 0 spiro atoms. The second-order valence-corrected chi connectivity index (χ2v) is 5.31. The number of sulfone groups is 1. The van der Waals surface area contributed by atoms with Gasteiger partial charge in [0.2, 0.25) is 5.82 Å². The van der Waals surface area contributed by atoms with E-state index in [1.54, 1.807) is 0 Å². The van der Waals surface area contributed by atoms with Gasteiger partial charge in [-0.2, -0.15) is 4.39 Å². The smallest absolute Gasteiger partial charge is 0.258 e. The number of alkyl halides is 1. The Morgan fingerprint density at radius 1 is 1.44 bits per heavy atom. The van der Waals surface area contributed by atoms with Crippen LogP contribution in [0.15, 0.2) is 23.1 Å². The molecule has 1 aromatic carbocycles. The number of nitro benzene ring substituents is 1. The lowest BCUT2D eigenvalue weighted by molar-refractivity contribution is -0.390. The summed E-state index contributed by atoms with van der Waals surface area (Å²) in [6.07, 6.45) is 0. The fourth-order valence-corrected chi connectivity index (χ4v) is 2.92. The molecule has 1 aromatic rings. The topological polar surface area (TPSA) is 77.3 Å². The van der Waals surface area contributed by atoms with E-state index in [4.69, 9.17) is 11.6 Å². The molecule has 0 aliphatic heterocycles. The molecule has 0 aliphatic rings. The molecule has 0 saturated heterocycles. The lowest BCUT2D eigenvalue weighted by Crippen LogP contribution is -2.11. The molecule has 0 radical (unpaired) electrons. The molecule has 0 heterocycles. The van der Waals surface area contributed by atoms with Crippen molar-refractivity contribution in [3.8, 4) is 0 Å². The van der Waals surface area contributed by atoms with Gasteiger partial charge in [0, 0.05) is 5.88 Å². The maximum absolute atomic E-state index is 13.1. The fraction of sp³-hybridized carbons (Fsp3) is 0.250. The molecule has 0 atom stereocenters. The summed E-state index contributed by atoms with van der Waals surface area (Å²) in [6.45, 7) is 0. The number of hydrogen-bond acceptors (Lipinski definition) is 4. The third-order valence-corrected chi connectivity index (χ3v) is 3.97. The lowest BCUT2D eigenvalue weighted by Gasteiger charge is -2.03. The van der Waals surface area contributed by atoms with Crippen LogP contribution in [0.25, 0.3) is 0 Å². The Labute approximate surface area is 95.9 Å². The zero-order valence-electron chi connectivity index (χ0n) is 7.89. The Bertz CT molecular complexity index is 517. The van der Waals surface area contributed by atoms with Gasteiger partial charge in [-0.25, -0.2) is 8.42 Å². The summed E-state index contributed by atoms with van der Waals surface area (Å²) in [6, 6.07) is 2.92. The first-order valence-electron chi connectivity index (χ1n) is 4.12. The summed E-state index contributed by atoms with van der Waals surface area (Å²) in [5, 5.41) is 10.6. The van der Waals surface area contributed by atoms with Gasteiger partial charge in [0.1, 0.15) is 4.90 Å². The molecular weight excluding hydrogens is 261 g/mol. The average molecular weight is 268 g/mol. The number of halogens is 2. The van der Waals surface area contributed by atoms with E-state index in [0.29, 0.717) is 0 Å². The van der Waals surface area contributed by atoms with E-state index in [1.807, 2.05) is 0 Å². The van der Waals surface area contributed by atoms with Crippen LogP contribution in [0.4, 0.5) is 10.1 Å². The molecule has 0 amide bonds. The van der Waals surface area contributed by atoms with Crippen LogP contribution >= 0.6 is 11.6 Å². The Kier molecular flexibility index (Phi) is 3.82. The second kappa shape index (κ2) is 4.75. The SMILES string of the molecule is O=[N+]([O-])c1c(F)cccc1S(=O)(=O)CCCl. The van der Waals surface area contributed by atoms with Gasteiger partial charge in [0.05, 0.1) is 10.7 Å². The van der Waals surface area contributed by atoms with Gasteiger partial charge >= 0.3 is 5.69 Å². The van der Waals surface area contributed by atoms with Gasteiger partial charge in [-0.3, -0.25) is 10.1 Å². The molecule has 1 rings (SSSR count). The Morgan fingerprint density at radius 3 is 2.56 bits per heavy atom. The van der Waals surface area contributed by atoms with Crippen molar-refractivity contribution < 1.29 is 17.7 Å². The largest absolute Gasteiger partial charge is 0.323 e. The van der Waals surface area contributed by atoms with Crippen LogP contribution in [0.5, 0.6) is 0 Å². The van der Waals surface area contributed by atoms with Crippen LogP contribution < -0.4 is 0 Å². The van der Waals surface area contributed by atoms with Crippen LogP contribution in [0.2, 0.25) is 0 Å². The molecule has 8 heteroatoms. The van der Waals surface area contributed by atoms with E-state index in [1.165, 1.54) is 0 Å². The molecular formula is C8H7ClFNO4S. The number of nitro groups is 1. The molecule has 0 fully saturated rings. The molecule has 0 bridgehead atoms. The van der Waals surface area contributed by atoms with Crippen molar-refractivity contribution in [2.24, 2.45) is 0 Å². The highest BCUT2D eigenvalue weighted by atomic mass is 35.5. The molecule has 0 N–H and O–H groups in total. The van der Waals surface area contributed by atoms with Crippen molar-refractivity contribution >= 4 is 27.1 Å². The van der Waals surface area contributed by atoms with Crippen molar-refractivity contribution in [1.29, 1.82) is 0 Å². The fourth-order valence-electron chi connectivity index (χ4n) is 1.14. The van der Waals surface area contributed by atoms with E-state index in [9.17, 15) is 22.9 Å². The molecule has 5 nitrogen and oxygen atoms in total. The van der Waals surface area contributed by atoms with E-state index in [-0.39, 0.29) is 5.88 Å². The van der Waals surface area contributed by atoms with Crippen LogP contribution in [0.1, 0.15) is 0 Å². The molecule has 16 heavy (non-hydrogen) atoms. The third kappa shape index (κ3) is 2.48. The molecule has 0 saturated carbocycles. The highest BCUT2D eigenvalue weighted by molar-refractivity contribution is 7.91. The maximum Gasteiger partial charge on any atom is 0.323 e. The number of benzene rings is 1. The minimum atomic E-state index is -3.92. The van der Waals surface area contributed by atoms with Gasteiger partial charge in [-0.1, -0.05) is 6.07 Å². The van der Waals surface area contributed by atoms with E-state index >= 15 is 0 Å². The summed E-state index contributed by atoms with van der Waals surface area (Å²) >= 11 is 5.26. The first-order valence-corrected chi connectivity index (χ1v) is 6.30. The van der Waals surface area contributed by atoms with Gasteiger partial charge in [0.25, 0.3) is 0 Å². The zero-order chi connectivity index (χ0) is 12.3. The molecule has 88 valence electrons. The predicted molar refractivity (Wildman–Crippen MR) is 55.8 cm³/mol. The zero-order valence-corrected chi connectivity index (χ0v) is 9.46. The molecule has 0 aliphatic carbocycles. The highest BCUT2D eigenvalue weighted by Gasteiger charge is 2.28. The van der Waals surface area contributed by atoms with Crippen molar-refractivity contribution in [2.45, 2.75) is 4.90 Å². The van der Waals surface area contributed by atoms with Crippen molar-refractivity contribution in [2.75, 3.05) is 11.6 Å². The summed E-state index contributed by atoms with van der Waals surface area (Å²) in [4.78, 5) is 8.86. The minimum Gasteiger partial charge on any atom is -0.258 e. The number of rotatable bonds is 4. The Hall–Kier alpha value is -1.21. The first-order chi connectivity index (χ1) is 7.40. The Morgan fingerprint density at radius 2 is 2.06 bits per heavy atom. The molecule has 0 aromatic heterocycles. The number of para-hydroxylation sites is 1. The van der Waals surface area contributed by atoms with Crippen molar-refractivity contribution in [3.05, 3.63) is 34.1 Å². The van der Waals surface area contributed by atoms with Crippen LogP contribution in [0.3, 0.4) is 0 Å². The van der Waals surface area contributed by atoms with Crippen LogP contribution in [-0.2, 0) is 9.84 Å². The standard InChI is InChI=1S/C8H7ClFNO4S/c9-4-5-16(14,15)7-3-1-2-6(10)8(7)11(12)13/h1-3H,4-5H2.